The Balaban J connectivity index is 2.08. The van der Waals surface area contributed by atoms with E-state index in [0.717, 1.165) is 32.6 Å². The van der Waals surface area contributed by atoms with Crippen molar-refractivity contribution in [1.82, 2.24) is 9.78 Å². The summed E-state index contributed by atoms with van der Waals surface area (Å²) in [4.78, 5) is 0. The second-order valence-corrected chi connectivity index (χ2v) is 5.72. The second kappa shape index (κ2) is 5.74. The van der Waals surface area contributed by atoms with Gasteiger partial charge in [-0.2, -0.15) is 5.10 Å². The molecule has 1 aromatic heterocycles. The largest absolute Gasteiger partial charge is 0.497 e. The van der Waals surface area contributed by atoms with E-state index in [1.54, 1.807) is 7.11 Å². The number of hydrogen-bond acceptors (Lipinski definition) is 2. The molecule has 3 aromatic rings. The lowest BCUT2D eigenvalue weighted by molar-refractivity contribution is 0.415. The van der Waals surface area contributed by atoms with Gasteiger partial charge < -0.3 is 4.74 Å². The van der Waals surface area contributed by atoms with Crippen molar-refractivity contribution in [2.45, 2.75) is 0 Å². The molecule has 21 heavy (non-hydrogen) atoms. The van der Waals surface area contributed by atoms with Crippen molar-refractivity contribution in [2.24, 2.45) is 7.05 Å². The van der Waals surface area contributed by atoms with Gasteiger partial charge in [-0.25, -0.2) is 0 Å². The second-order valence-electron chi connectivity index (χ2n) is 4.80. The highest BCUT2D eigenvalue weighted by Gasteiger charge is 2.12. The summed E-state index contributed by atoms with van der Waals surface area (Å²) in [5.41, 5.74) is 4.32. The van der Waals surface area contributed by atoms with Gasteiger partial charge in [0.1, 0.15) is 11.4 Å². The number of nitrogens with zero attached hydrogens (tertiary/aromatic N) is 2. The van der Waals surface area contributed by atoms with Crippen LogP contribution in [0.15, 0.2) is 59.2 Å². The molecule has 0 aliphatic carbocycles. The zero-order chi connectivity index (χ0) is 14.8. The summed E-state index contributed by atoms with van der Waals surface area (Å²) in [6.45, 7) is 0. The van der Waals surface area contributed by atoms with Gasteiger partial charge in [0.15, 0.2) is 0 Å². The fraction of sp³-hybridized carbons (Fsp3) is 0.118. The Morgan fingerprint density at radius 2 is 1.57 bits per heavy atom. The summed E-state index contributed by atoms with van der Waals surface area (Å²) in [7, 11) is 3.61. The average molecular weight is 343 g/mol. The number of methoxy groups -OCH3 is 1. The van der Waals surface area contributed by atoms with Crippen LogP contribution in [-0.2, 0) is 7.05 Å². The fourth-order valence-electron chi connectivity index (χ4n) is 2.29. The van der Waals surface area contributed by atoms with Crippen LogP contribution in [0.2, 0.25) is 0 Å². The van der Waals surface area contributed by atoms with E-state index >= 15 is 0 Å². The van der Waals surface area contributed by atoms with E-state index < -0.39 is 0 Å². The molecule has 0 radical (unpaired) electrons. The van der Waals surface area contributed by atoms with Crippen LogP contribution in [0.3, 0.4) is 0 Å². The summed E-state index contributed by atoms with van der Waals surface area (Å²) in [5, 5.41) is 4.60. The maximum Gasteiger partial charge on any atom is 0.118 e. The Morgan fingerprint density at radius 3 is 2.19 bits per heavy atom. The minimum Gasteiger partial charge on any atom is -0.497 e. The van der Waals surface area contributed by atoms with Crippen LogP contribution >= 0.6 is 15.9 Å². The summed E-state index contributed by atoms with van der Waals surface area (Å²) < 4.78 is 8.12. The first-order valence-corrected chi connectivity index (χ1v) is 7.40. The van der Waals surface area contributed by atoms with E-state index in [1.807, 2.05) is 42.2 Å². The predicted molar refractivity (Wildman–Crippen MR) is 88.3 cm³/mol. The van der Waals surface area contributed by atoms with Crippen LogP contribution in [0.1, 0.15) is 0 Å². The highest BCUT2D eigenvalue weighted by molar-refractivity contribution is 9.10. The first kappa shape index (κ1) is 13.9. The standard InChI is InChI=1S/C17H15BrN2O/c1-20-11-16(12-5-9-15(21-2)10-6-12)17(19-20)13-3-7-14(18)8-4-13/h3-11H,1-2H3. The zero-order valence-corrected chi connectivity index (χ0v) is 13.5. The molecule has 0 atom stereocenters. The molecule has 0 aliphatic rings. The van der Waals surface area contributed by atoms with Gasteiger partial charge in [0.2, 0.25) is 0 Å². The van der Waals surface area contributed by atoms with Crippen LogP contribution in [-0.4, -0.2) is 16.9 Å². The van der Waals surface area contributed by atoms with E-state index in [-0.39, 0.29) is 0 Å². The molecule has 2 aromatic carbocycles. The first-order valence-electron chi connectivity index (χ1n) is 6.61. The van der Waals surface area contributed by atoms with Crippen molar-refractivity contribution >= 4 is 15.9 Å². The third kappa shape index (κ3) is 2.85. The molecule has 3 rings (SSSR count). The highest BCUT2D eigenvalue weighted by Crippen LogP contribution is 2.32. The Bertz CT molecular complexity index is 745. The third-order valence-electron chi connectivity index (χ3n) is 3.35. The molecular formula is C17H15BrN2O. The lowest BCUT2D eigenvalue weighted by atomic mass is 10.0. The smallest absolute Gasteiger partial charge is 0.118 e. The number of ether oxygens (including phenoxy) is 1. The molecule has 0 aliphatic heterocycles. The van der Waals surface area contributed by atoms with Crippen LogP contribution < -0.4 is 4.74 Å². The van der Waals surface area contributed by atoms with E-state index in [4.69, 9.17) is 4.74 Å². The maximum absolute atomic E-state index is 5.21. The number of aryl methyl sites for hydroxylation is 1. The molecule has 0 saturated carbocycles. The number of benzene rings is 2. The third-order valence-corrected chi connectivity index (χ3v) is 3.88. The minimum absolute atomic E-state index is 0.854. The number of hydrogen-bond donors (Lipinski definition) is 0. The van der Waals surface area contributed by atoms with E-state index in [2.05, 4.69) is 45.3 Å². The summed E-state index contributed by atoms with van der Waals surface area (Å²) in [6.07, 6.45) is 2.04. The monoisotopic (exact) mass is 342 g/mol. The van der Waals surface area contributed by atoms with Crippen molar-refractivity contribution < 1.29 is 4.74 Å². The van der Waals surface area contributed by atoms with Gasteiger partial charge in [-0.05, 0) is 29.8 Å². The van der Waals surface area contributed by atoms with Crippen molar-refractivity contribution in [2.75, 3.05) is 7.11 Å². The van der Waals surface area contributed by atoms with Gasteiger partial charge in [-0.15, -0.1) is 0 Å². The van der Waals surface area contributed by atoms with Crippen molar-refractivity contribution in [3.8, 4) is 28.1 Å². The van der Waals surface area contributed by atoms with Gasteiger partial charge in [0.05, 0.1) is 7.11 Å². The molecular weight excluding hydrogens is 328 g/mol. The summed E-state index contributed by atoms with van der Waals surface area (Å²) >= 11 is 3.46. The van der Waals surface area contributed by atoms with Crippen LogP contribution in [0.5, 0.6) is 5.75 Å². The lowest BCUT2D eigenvalue weighted by Crippen LogP contribution is -1.87. The molecule has 0 amide bonds. The Morgan fingerprint density at radius 1 is 0.952 bits per heavy atom. The van der Waals surface area contributed by atoms with Gasteiger partial charge in [0, 0.05) is 28.8 Å². The highest BCUT2D eigenvalue weighted by atomic mass is 79.9. The van der Waals surface area contributed by atoms with Crippen molar-refractivity contribution in [3.05, 3.63) is 59.2 Å². The van der Waals surface area contributed by atoms with Gasteiger partial charge in [0.25, 0.3) is 0 Å². The normalized spacial score (nSPS) is 10.6. The fourth-order valence-corrected chi connectivity index (χ4v) is 2.56. The van der Waals surface area contributed by atoms with Crippen LogP contribution in [0.4, 0.5) is 0 Å². The molecule has 0 saturated heterocycles. The summed E-state index contributed by atoms with van der Waals surface area (Å²) in [5.74, 6) is 0.854. The SMILES string of the molecule is COc1ccc(-c2cn(C)nc2-c2ccc(Br)cc2)cc1. The molecule has 106 valence electrons. The molecule has 0 bridgehead atoms. The van der Waals surface area contributed by atoms with E-state index in [1.165, 1.54) is 0 Å². The van der Waals surface area contributed by atoms with E-state index in [0.29, 0.717) is 0 Å². The number of halogens is 1. The maximum atomic E-state index is 5.21. The van der Waals surface area contributed by atoms with Crippen LogP contribution in [0.25, 0.3) is 22.4 Å². The van der Waals surface area contributed by atoms with Gasteiger partial charge in [-0.3, -0.25) is 4.68 Å². The molecule has 0 spiro atoms. The Labute approximate surface area is 132 Å². The van der Waals surface area contributed by atoms with E-state index in [9.17, 15) is 0 Å². The van der Waals surface area contributed by atoms with Gasteiger partial charge in [-0.1, -0.05) is 40.2 Å². The number of rotatable bonds is 3. The molecule has 0 N–H and O–H groups in total. The zero-order valence-electron chi connectivity index (χ0n) is 11.9. The molecule has 1 heterocycles. The van der Waals surface area contributed by atoms with Crippen molar-refractivity contribution in [3.63, 3.8) is 0 Å². The minimum atomic E-state index is 0.854. The Kier molecular flexibility index (Phi) is 3.80. The van der Waals surface area contributed by atoms with Crippen LogP contribution in [0, 0.1) is 0 Å². The Hall–Kier alpha value is -2.07. The number of aromatic nitrogens is 2. The average Bonchev–Trinajstić information content (AvgIpc) is 2.90. The quantitative estimate of drug-likeness (QED) is 0.699. The molecule has 0 fully saturated rings. The summed E-state index contributed by atoms with van der Waals surface area (Å²) in [6, 6.07) is 16.2. The first-order chi connectivity index (χ1) is 10.2. The van der Waals surface area contributed by atoms with Crippen molar-refractivity contribution in [1.29, 1.82) is 0 Å². The molecule has 4 heteroatoms. The molecule has 0 unspecified atom stereocenters. The van der Waals surface area contributed by atoms with Gasteiger partial charge >= 0.3 is 0 Å². The molecule has 3 nitrogen and oxygen atoms in total. The lowest BCUT2D eigenvalue weighted by Gasteiger charge is -2.04. The topological polar surface area (TPSA) is 27.1 Å². The predicted octanol–water partition coefficient (Wildman–Crippen LogP) is 4.53.